The lowest BCUT2D eigenvalue weighted by atomic mass is 10.1. The highest BCUT2D eigenvalue weighted by Crippen LogP contribution is 2.37. The fourth-order valence-electron chi connectivity index (χ4n) is 1.74. The van der Waals surface area contributed by atoms with Crippen molar-refractivity contribution < 1.29 is 14.3 Å². The molecule has 0 fully saturated rings. The van der Waals surface area contributed by atoms with Gasteiger partial charge in [-0.25, -0.2) is 0 Å². The first-order valence-corrected chi connectivity index (χ1v) is 7.46. The van der Waals surface area contributed by atoms with E-state index in [1.165, 1.54) is 19.3 Å². The van der Waals surface area contributed by atoms with Gasteiger partial charge in [-0.2, -0.15) is 5.26 Å². The Balaban J connectivity index is 3.15. The van der Waals surface area contributed by atoms with Gasteiger partial charge in [0, 0.05) is 6.54 Å². The average Bonchev–Trinajstić information content (AvgIpc) is 2.55. The van der Waals surface area contributed by atoms with E-state index >= 15 is 0 Å². The van der Waals surface area contributed by atoms with Gasteiger partial charge in [-0.3, -0.25) is 4.79 Å². The first-order valence-electron chi connectivity index (χ1n) is 7.08. The van der Waals surface area contributed by atoms with Crippen LogP contribution in [0, 0.1) is 11.3 Å². The number of nitriles is 1. The summed E-state index contributed by atoms with van der Waals surface area (Å²) >= 11 is 6.21. The lowest BCUT2D eigenvalue weighted by Gasteiger charge is -2.12. The van der Waals surface area contributed by atoms with Crippen molar-refractivity contribution in [2.24, 2.45) is 0 Å². The highest BCUT2D eigenvalue weighted by atomic mass is 35.5. The van der Waals surface area contributed by atoms with Crippen LogP contribution >= 0.6 is 11.6 Å². The molecular formula is C17H19ClN2O3. The van der Waals surface area contributed by atoms with Gasteiger partial charge in [0.05, 0.1) is 18.7 Å². The topological polar surface area (TPSA) is 71.4 Å². The second-order valence-electron chi connectivity index (χ2n) is 4.55. The number of carbonyl (C=O) groups is 1. The van der Waals surface area contributed by atoms with Crippen LogP contribution in [0.15, 0.2) is 30.4 Å². The predicted molar refractivity (Wildman–Crippen MR) is 90.6 cm³/mol. The molecule has 122 valence electrons. The Kier molecular flexibility index (Phi) is 7.72. The molecule has 0 bridgehead atoms. The van der Waals surface area contributed by atoms with Gasteiger partial charge in [0.25, 0.3) is 5.91 Å². The van der Waals surface area contributed by atoms with Gasteiger partial charge in [0.2, 0.25) is 0 Å². The van der Waals surface area contributed by atoms with Crippen LogP contribution in [0.25, 0.3) is 6.08 Å². The van der Waals surface area contributed by atoms with Gasteiger partial charge in [0.15, 0.2) is 11.5 Å². The molecule has 0 atom stereocenters. The Morgan fingerprint density at radius 2 is 2.26 bits per heavy atom. The van der Waals surface area contributed by atoms with Gasteiger partial charge < -0.3 is 14.8 Å². The first-order chi connectivity index (χ1) is 11.1. The zero-order valence-electron chi connectivity index (χ0n) is 13.2. The molecular weight excluding hydrogens is 316 g/mol. The molecule has 1 aromatic carbocycles. The lowest BCUT2D eigenvalue weighted by Crippen LogP contribution is -2.24. The summed E-state index contributed by atoms with van der Waals surface area (Å²) in [7, 11) is 1.50. The van der Waals surface area contributed by atoms with Crippen molar-refractivity contribution in [3.8, 4) is 17.6 Å². The minimum atomic E-state index is -0.478. The summed E-state index contributed by atoms with van der Waals surface area (Å²) in [6, 6.07) is 5.14. The molecule has 5 nitrogen and oxygen atoms in total. The van der Waals surface area contributed by atoms with Crippen LogP contribution in [0.5, 0.6) is 11.5 Å². The molecule has 0 spiro atoms. The Morgan fingerprint density at radius 3 is 2.83 bits per heavy atom. The predicted octanol–water partition coefficient (Wildman–Crippen LogP) is 3.35. The quantitative estimate of drug-likeness (QED) is 0.449. The molecule has 0 unspecified atom stereocenters. The van der Waals surface area contributed by atoms with E-state index in [4.69, 9.17) is 26.3 Å². The van der Waals surface area contributed by atoms with Gasteiger partial charge in [-0.1, -0.05) is 24.6 Å². The number of hydrogen-bond donors (Lipinski definition) is 1. The molecule has 0 aliphatic heterocycles. The number of benzene rings is 1. The number of methoxy groups -OCH3 is 1. The van der Waals surface area contributed by atoms with E-state index in [9.17, 15) is 4.79 Å². The van der Waals surface area contributed by atoms with Crippen molar-refractivity contribution in [2.45, 2.75) is 13.3 Å². The van der Waals surface area contributed by atoms with Crippen molar-refractivity contribution in [1.82, 2.24) is 5.32 Å². The minimum Gasteiger partial charge on any atom is -0.493 e. The Labute approximate surface area is 141 Å². The Bertz CT molecular complexity index is 648. The van der Waals surface area contributed by atoms with Crippen LogP contribution < -0.4 is 14.8 Å². The molecule has 1 N–H and O–H groups in total. The molecule has 0 aliphatic carbocycles. The third-order valence-electron chi connectivity index (χ3n) is 2.79. The fraction of sp³-hybridized carbons (Fsp3) is 0.294. The lowest BCUT2D eigenvalue weighted by molar-refractivity contribution is -0.116. The van der Waals surface area contributed by atoms with Crippen LogP contribution in [-0.4, -0.2) is 26.2 Å². The van der Waals surface area contributed by atoms with Crippen molar-refractivity contribution >= 4 is 23.6 Å². The van der Waals surface area contributed by atoms with Crippen molar-refractivity contribution in [3.05, 3.63) is 40.9 Å². The van der Waals surface area contributed by atoms with Crippen molar-refractivity contribution in [1.29, 1.82) is 5.26 Å². The number of hydrogen-bond acceptors (Lipinski definition) is 4. The zero-order chi connectivity index (χ0) is 17.2. The molecule has 0 aliphatic rings. The van der Waals surface area contributed by atoms with Crippen molar-refractivity contribution in [2.75, 3.05) is 20.3 Å². The largest absolute Gasteiger partial charge is 0.493 e. The van der Waals surface area contributed by atoms with Crippen molar-refractivity contribution in [3.63, 3.8) is 0 Å². The number of carbonyl (C=O) groups excluding carboxylic acids is 1. The monoisotopic (exact) mass is 334 g/mol. The SMILES string of the molecule is C=CCNC(=O)/C(C#N)=C/c1cc(Cl)c(OCCC)c(OC)c1. The number of ether oxygens (including phenoxy) is 2. The summed E-state index contributed by atoms with van der Waals surface area (Å²) in [4.78, 5) is 11.8. The van der Waals surface area contributed by atoms with Gasteiger partial charge in [-0.05, 0) is 30.2 Å². The molecule has 6 heteroatoms. The van der Waals surface area contributed by atoms with Crippen LogP contribution in [0.4, 0.5) is 0 Å². The highest BCUT2D eigenvalue weighted by molar-refractivity contribution is 6.32. The molecule has 23 heavy (non-hydrogen) atoms. The average molecular weight is 335 g/mol. The second-order valence-corrected chi connectivity index (χ2v) is 4.96. The van der Waals surface area contributed by atoms with Gasteiger partial charge in [0.1, 0.15) is 11.6 Å². The van der Waals surface area contributed by atoms with E-state index in [0.29, 0.717) is 28.7 Å². The number of amides is 1. The maximum Gasteiger partial charge on any atom is 0.262 e. The molecule has 0 saturated carbocycles. The van der Waals surface area contributed by atoms with Gasteiger partial charge in [-0.15, -0.1) is 6.58 Å². The summed E-state index contributed by atoms with van der Waals surface area (Å²) in [5.74, 6) is 0.414. The molecule has 0 aromatic heterocycles. The van der Waals surface area contributed by atoms with E-state index in [2.05, 4.69) is 11.9 Å². The van der Waals surface area contributed by atoms with E-state index in [0.717, 1.165) is 6.42 Å². The summed E-state index contributed by atoms with van der Waals surface area (Å²) in [5, 5.41) is 12.0. The summed E-state index contributed by atoms with van der Waals surface area (Å²) in [6.07, 6.45) is 3.81. The smallest absolute Gasteiger partial charge is 0.262 e. The number of nitrogens with one attached hydrogen (secondary N) is 1. The Morgan fingerprint density at radius 1 is 1.52 bits per heavy atom. The molecule has 0 saturated heterocycles. The molecule has 0 heterocycles. The number of rotatable bonds is 8. The van der Waals surface area contributed by atoms with E-state index in [1.807, 2.05) is 13.0 Å². The minimum absolute atomic E-state index is 0.0350. The Hall–Kier alpha value is -2.45. The third-order valence-corrected chi connectivity index (χ3v) is 3.07. The molecule has 0 radical (unpaired) electrons. The maximum atomic E-state index is 11.8. The zero-order valence-corrected chi connectivity index (χ0v) is 13.9. The molecule has 1 amide bonds. The normalized spacial score (nSPS) is 10.6. The standard InChI is InChI=1S/C17H19ClN2O3/c1-4-6-20-17(21)13(11-19)8-12-9-14(18)16(23-7-5-2)15(10-12)22-3/h4,8-10H,1,5-7H2,2-3H3,(H,20,21)/b13-8+. The van der Waals surface area contributed by atoms with E-state index in [1.54, 1.807) is 12.1 Å². The maximum absolute atomic E-state index is 11.8. The summed E-state index contributed by atoms with van der Waals surface area (Å²) in [6.45, 7) is 6.29. The second kappa shape index (κ2) is 9.54. The molecule has 1 aromatic rings. The van der Waals surface area contributed by atoms with Crippen LogP contribution in [0.3, 0.4) is 0 Å². The van der Waals surface area contributed by atoms with Crippen LogP contribution in [-0.2, 0) is 4.79 Å². The van der Waals surface area contributed by atoms with Crippen LogP contribution in [0.2, 0.25) is 5.02 Å². The number of nitrogens with zero attached hydrogens (tertiary/aromatic N) is 1. The van der Waals surface area contributed by atoms with Gasteiger partial charge >= 0.3 is 0 Å². The highest BCUT2D eigenvalue weighted by Gasteiger charge is 2.13. The summed E-state index contributed by atoms with van der Waals surface area (Å²) < 4.78 is 10.8. The fourth-order valence-corrected chi connectivity index (χ4v) is 2.02. The number of halogens is 1. The first kappa shape index (κ1) is 18.6. The van der Waals surface area contributed by atoms with Crippen LogP contribution in [0.1, 0.15) is 18.9 Å². The summed E-state index contributed by atoms with van der Waals surface area (Å²) in [5.41, 5.74) is 0.535. The third kappa shape index (κ3) is 5.35. The van der Waals surface area contributed by atoms with E-state index < -0.39 is 5.91 Å². The molecule has 1 rings (SSSR count). The van der Waals surface area contributed by atoms with E-state index in [-0.39, 0.29) is 12.1 Å².